The zero-order valence-corrected chi connectivity index (χ0v) is 12.3. The number of thiol groups is 1. The van der Waals surface area contributed by atoms with Crippen LogP contribution in [0.3, 0.4) is 0 Å². The van der Waals surface area contributed by atoms with Gasteiger partial charge in [-0.1, -0.05) is 30.3 Å². The zero-order valence-electron chi connectivity index (χ0n) is 11.4. The number of rotatable bonds is 6. The molecular weight excluding hydrogens is 272 g/mol. The number of carbonyl (C=O) groups is 1. The van der Waals surface area contributed by atoms with Gasteiger partial charge in [-0.25, -0.2) is 0 Å². The third kappa shape index (κ3) is 3.84. The molecule has 1 aromatic carbocycles. The van der Waals surface area contributed by atoms with Crippen LogP contribution >= 0.6 is 12.6 Å². The van der Waals surface area contributed by atoms with E-state index in [-0.39, 0.29) is 11.2 Å². The first-order valence-corrected chi connectivity index (χ1v) is 7.08. The molecule has 6 heteroatoms. The maximum Gasteiger partial charge on any atom is 0.233 e. The van der Waals surface area contributed by atoms with Crippen LogP contribution in [0.15, 0.2) is 36.7 Å². The van der Waals surface area contributed by atoms with E-state index in [1.54, 1.807) is 6.33 Å². The number of aryl methyl sites for hydroxylation is 1. The first-order chi connectivity index (χ1) is 9.70. The number of aromatic nitrogens is 3. The quantitative estimate of drug-likeness (QED) is 0.792. The maximum absolute atomic E-state index is 12.0. The van der Waals surface area contributed by atoms with E-state index in [1.165, 1.54) is 0 Å². The molecule has 1 amide bonds. The van der Waals surface area contributed by atoms with Crippen molar-refractivity contribution >= 4 is 18.5 Å². The van der Waals surface area contributed by atoms with Crippen molar-refractivity contribution in [1.82, 2.24) is 20.1 Å². The lowest BCUT2D eigenvalue weighted by molar-refractivity contribution is -0.120. The van der Waals surface area contributed by atoms with Crippen molar-refractivity contribution < 1.29 is 4.79 Å². The lowest BCUT2D eigenvalue weighted by atomic mass is 10.1. The van der Waals surface area contributed by atoms with Crippen LogP contribution < -0.4 is 5.32 Å². The van der Waals surface area contributed by atoms with Crippen molar-refractivity contribution in [2.24, 2.45) is 0 Å². The Hall–Kier alpha value is -1.82. The summed E-state index contributed by atoms with van der Waals surface area (Å²) in [5.74, 6) is 0.656. The van der Waals surface area contributed by atoms with Gasteiger partial charge in [0.2, 0.25) is 5.91 Å². The first kappa shape index (κ1) is 14.6. The van der Waals surface area contributed by atoms with Crippen LogP contribution in [-0.4, -0.2) is 25.9 Å². The highest BCUT2D eigenvalue weighted by atomic mass is 32.1. The van der Waals surface area contributed by atoms with Crippen LogP contribution in [0.5, 0.6) is 0 Å². The maximum atomic E-state index is 12.0. The van der Waals surface area contributed by atoms with Crippen molar-refractivity contribution in [3.8, 4) is 0 Å². The summed E-state index contributed by atoms with van der Waals surface area (Å²) in [5, 5.41) is 10.3. The Morgan fingerprint density at radius 1 is 1.40 bits per heavy atom. The van der Waals surface area contributed by atoms with Crippen molar-refractivity contribution in [2.45, 2.75) is 31.7 Å². The smallest absolute Gasteiger partial charge is 0.233 e. The molecule has 2 rings (SSSR count). The van der Waals surface area contributed by atoms with Gasteiger partial charge < -0.3 is 9.88 Å². The number of nitrogens with zero attached hydrogens (tertiary/aromatic N) is 3. The second kappa shape index (κ2) is 7.09. The van der Waals surface area contributed by atoms with Crippen molar-refractivity contribution in [3.63, 3.8) is 0 Å². The topological polar surface area (TPSA) is 59.8 Å². The van der Waals surface area contributed by atoms with Crippen LogP contribution in [0.2, 0.25) is 0 Å². The largest absolute Gasteiger partial charge is 0.348 e. The van der Waals surface area contributed by atoms with Gasteiger partial charge in [0.25, 0.3) is 0 Å². The van der Waals surface area contributed by atoms with E-state index < -0.39 is 0 Å². The van der Waals surface area contributed by atoms with E-state index in [1.807, 2.05) is 41.8 Å². The molecule has 0 bridgehead atoms. The van der Waals surface area contributed by atoms with Crippen LogP contribution in [0, 0.1) is 0 Å². The third-order valence-electron chi connectivity index (χ3n) is 3.03. The van der Waals surface area contributed by atoms with Crippen molar-refractivity contribution in [2.75, 3.05) is 0 Å². The average Bonchev–Trinajstić information content (AvgIpc) is 2.93. The fraction of sp³-hybridized carbons (Fsp3) is 0.357. The molecule has 20 heavy (non-hydrogen) atoms. The van der Waals surface area contributed by atoms with Crippen molar-refractivity contribution in [3.05, 3.63) is 48.0 Å². The third-order valence-corrected chi connectivity index (χ3v) is 3.45. The predicted molar refractivity (Wildman–Crippen MR) is 80.5 cm³/mol. The standard InChI is InChI=1S/C14H18N4OS/c1-2-18-10-16-17-13(18)9-15-14(19)12(20)8-11-6-4-3-5-7-11/h3-7,10,12,20H,2,8-9H2,1H3,(H,15,19). The zero-order chi connectivity index (χ0) is 14.4. The van der Waals surface area contributed by atoms with E-state index >= 15 is 0 Å². The van der Waals surface area contributed by atoms with Crippen LogP contribution in [0.4, 0.5) is 0 Å². The highest BCUT2D eigenvalue weighted by Crippen LogP contribution is 2.08. The average molecular weight is 290 g/mol. The number of hydrogen-bond donors (Lipinski definition) is 2. The van der Waals surface area contributed by atoms with Gasteiger partial charge in [0.15, 0.2) is 5.82 Å². The van der Waals surface area contributed by atoms with Crippen molar-refractivity contribution in [1.29, 1.82) is 0 Å². The van der Waals surface area contributed by atoms with Gasteiger partial charge >= 0.3 is 0 Å². The summed E-state index contributed by atoms with van der Waals surface area (Å²) < 4.78 is 1.89. The summed E-state index contributed by atoms with van der Waals surface area (Å²) in [7, 11) is 0. The number of nitrogens with one attached hydrogen (secondary N) is 1. The summed E-state index contributed by atoms with van der Waals surface area (Å²) in [6.07, 6.45) is 2.26. The minimum absolute atomic E-state index is 0.0946. The molecule has 0 aliphatic rings. The SMILES string of the molecule is CCn1cnnc1CNC(=O)C(S)Cc1ccccc1. The van der Waals surface area contributed by atoms with Gasteiger partial charge in [-0.05, 0) is 18.9 Å². The Kier molecular flexibility index (Phi) is 5.17. The molecular formula is C14H18N4OS. The summed E-state index contributed by atoms with van der Waals surface area (Å²) >= 11 is 4.36. The molecule has 0 saturated carbocycles. The second-order valence-corrected chi connectivity index (χ2v) is 5.08. The summed E-state index contributed by atoms with van der Waals surface area (Å²) in [5.41, 5.74) is 1.10. The Morgan fingerprint density at radius 3 is 2.85 bits per heavy atom. The Bertz CT molecular complexity index is 555. The summed E-state index contributed by atoms with van der Waals surface area (Å²) in [6, 6.07) is 9.85. The van der Waals surface area contributed by atoms with Gasteiger partial charge in [0, 0.05) is 6.54 Å². The van der Waals surface area contributed by atoms with Gasteiger partial charge in [0.05, 0.1) is 11.8 Å². The van der Waals surface area contributed by atoms with E-state index in [0.717, 1.165) is 17.9 Å². The number of carbonyl (C=O) groups excluding carboxylic acids is 1. The van der Waals surface area contributed by atoms with Crippen LogP contribution in [0.25, 0.3) is 0 Å². The fourth-order valence-electron chi connectivity index (χ4n) is 1.89. The van der Waals surface area contributed by atoms with Crippen LogP contribution in [0.1, 0.15) is 18.3 Å². The monoisotopic (exact) mass is 290 g/mol. The Labute approximate surface area is 123 Å². The molecule has 2 aromatic rings. The number of benzene rings is 1. The lowest BCUT2D eigenvalue weighted by Gasteiger charge is -2.11. The molecule has 0 radical (unpaired) electrons. The molecule has 0 aliphatic carbocycles. The summed E-state index contributed by atoms with van der Waals surface area (Å²) in [6.45, 7) is 3.16. The van der Waals surface area contributed by atoms with E-state index in [9.17, 15) is 4.79 Å². The molecule has 106 valence electrons. The first-order valence-electron chi connectivity index (χ1n) is 6.57. The second-order valence-electron chi connectivity index (χ2n) is 4.46. The molecule has 0 fully saturated rings. The fourth-order valence-corrected chi connectivity index (χ4v) is 2.20. The Morgan fingerprint density at radius 2 is 2.15 bits per heavy atom. The lowest BCUT2D eigenvalue weighted by Crippen LogP contribution is -2.33. The molecule has 1 aromatic heterocycles. The molecule has 1 N–H and O–H groups in total. The van der Waals surface area contributed by atoms with Gasteiger partial charge in [0.1, 0.15) is 6.33 Å². The van der Waals surface area contributed by atoms with Gasteiger partial charge in [-0.2, -0.15) is 12.6 Å². The summed E-state index contributed by atoms with van der Waals surface area (Å²) in [4.78, 5) is 12.0. The Balaban J connectivity index is 1.85. The molecule has 5 nitrogen and oxygen atoms in total. The predicted octanol–water partition coefficient (Wildman–Crippen LogP) is 1.46. The van der Waals surface area contributed by atoms with Gasteiger partial charge in [-0.3, -0.25) is 4.79 Å². The highest BCUT2D eigenvalue weighted by Gasteiger charge is 2.15. The molecule has 1 unspecified atom stereocenters. The highest BCUT2D eigenvalue weighted by molar-refractivity contribution is 7.81. The number of amides is 1. The molecule has 0 saturated heterocycles. The van der Waals surface area contributed by atoms with Crippen LogP contribution in [-0.2, 0) is 24.3 Å². The molecule has 0 spiro atoms. The molecule has 0 aliphatic heterocycles. The van der Waals surface area contributed by atoms with E-state index in [0.29, 0.717) is 13.0 Å². The molecule has 1 atom stereocenters. The van der Waals surface area contributed by atoms with E-state index in [2.05, 4.69) is 28.1 Å². The minimum Gasteiger partial charge on any atom is -0.348 e. The number of hydrogen-bond acceptors (Lipinski definition) is 4. The van der Waals surface area contributed by atoms with E-state index in [4.69, 9.17) is 0 Å². The van der Waals surface area contributed by atoms with Gasteiger partial charge in [-0.15, -0.1) is 10.2 Å². The minimum atomic E-state index is -0.365. The normalized spacial score (nSPS) is 12.1. The molecule has 1 heterocycles.